The number of halogens is 1. The second kappa shape index (κ2) is 5.04. The van der Waals surface area contributed by atoms with Gasteiger partial charge in [-0.15, -0.1) is 11.8 Å². The predicted octanol–water partition coefficient (Wildman–Crippen LogP) is 5.44. The van der Waals surface area contributed by atoms with E-state index >= 15 is 0 Å². The molecule has 0 radical (unpaired) electrons. The normalized spacial score (nSPS) is 23.6. The Morgan fingerprint density at radius 2 is 1.79 bits per heavy atom. The molecule has 2 aliphatic rings. The summed E-state index contributed by atoms with van der Waals surface area (Å²) in [6.07, 6.45) is 8.80. The molecule has 0 N–H and O–H groups in total. The molecular weight excluding hydrogens is 274 g/mol. The lowest BCUT2D eigenvalue weighted by Crippen LogP contribution is -2.49. The van der Waals surface area contributed by atoms with Crippen LogP contribution in [-0.4, -0.2) is 4.75 Å². The molecular formula is C16H18ClNS. The molecule has 2 aliphatic carbocycles. The van der Waals surface area contributed by atoms with Crippen molar-refractivity contribution in [3.8, 4) is 6.07 Å². The Bertz CT molecular complexity index is 506. The molecule has 1 aromatic rings. The maximum atomic E-state index is 9.59. The number of hydrogen-bond acceptors (Lipinski definition) is 2. The first-order chi connectivity index (χ1) is 9.17. The van der Waals surface area contributed by atoms with E-state index in [2.05, 4.69) is 6.07 Å². The molecule has 0 aliphatic heterocycles. The molecule has 100 valence electrons. The van der Waals surface area contributed by atoms with Gasteiger partial charge in [-0.2, -0.15) is 5.26 Å². The van der Waals surface area contributed by atoms with Crippen LogP contribution >= 0.6 is 23.4 Å². The maximum Gasteiger partial charge on any atom is 0.108 e. The van der Waals surface area contributed by atoms with Crippen LogP contribution in [0.5, 0.6) is 0 Å². The summed E-state index contributed by atoms with van der Waals surface area (Å²) in [6.45, 7) is 0. The molecule has 0 aromatic heterocycles. The van der Waals surface area contributed by atoms with Crippen molar-refractivity contribution in [2.75, 3.05) is 0 Å². The summed E-state index contributed by atoms with van der Waals surface area (Å²) < 4.78 is -0.234. The van der Waals surface area contributed by atoms with Gasteiger partial charge < -0.3 is 0 Å². The first-order valence-corrected chi connectivity index (χ1v) is 8.21. The van der Waals surface area contributed by atoms with Gasteiger partial charge >= 0.3 is 0 Å². The highest BCUT2D eigenvalue weighted by molar-refractivity contribution is 8.01. The minimum Gasteiger partial charge on any atom is -0.197 e. The Kier molecular flexibility index (Phi) is 3.53. The molecule has 0 amide bonds. The summed E-state index contributed by atoms with van der Waals surface area (Å²) in [5, 5.41) is 10.4. The van der Waals surface area contributed by atoms with Crippen LogP contribution in [0.2, 0.25) is 5.02 Å². The smallest absolute Gasteiger partial charge is 0.108 e. The average molecular weight is 292 g/mol. The molecule has 0 bridgehead atoms. The molecule has 2 fully saturated rings. The molecule has 0 saturated heterocycles. The van der Waals surface area contributed by atoms with Crippen molar-refractivity contribution in [3.63, 3.8) is 0 Å². The summed E-state index contributed by atoms with van der Waals surface area (Å²) >= 11 is 7.89. The Balaban J connectivity index is 1.73. The minimum absolute atomic E-state index is 0.234. The zero-order valence-corrected chi connectivity index (χ0v) is 12.6. The lowest BCUT2D eigenvalue weighted by molar-refractivity contribution is 0.0593. The summed E-state index contributed by atoms with van der Waals surface area (Å²) in [4.78, 5) is 1.05. The number of hydrogen-bond donors (Lipinski definition) is 0. The van der Waals surface area contributed by atoms with E-state index in [9.17, 15) is 5.26 Å². The van der Waals surface area contributed by atoms with Crippen molar-refractivity contribution in [2.45, 2.75) is 54.6 Å². The SMILES string of the molecule is N#CC1(Sc2ccccc2Cl)CC2(CCCCC2)C1. The Hall–Kier alpha value is -0.650. The van der Waals surface area contributed by atoms with E-state index in [-0.39, 0.29) is 4.75 Å². The van der Waals surface area contributed by atoms with Crippen molar-refractivity contribution in [1.29, 1.82) is 5.26 Å². The van der Waals surface area contributed by atoms with E-state index in [1.165, 1.54) is 32.1 Å². The molecule has 3 heteroatoms. The highest BCUT2D eigenvalue weighted by atomic mass is 35.5. The van der Waals surface area contributed by atoms with Gasteiger partial charge in [0.1, 0.15) is 4.75 Å². The van der Waals surface area contributed by atoms with Gasteiger partial charge in [0.15, 0.2) is 0 Å². The fourth-order valence-corrected chi connectivity index (χ4v) is 5.51. The molecule has 3 rings (SSSR count). The predicted molar refractivity (Wildman–Crippen MR) is 80.4 cm³/mol. The van der Waals surface area contributed by atoms with Crippen LogP contribution in [0.15, 0.2) is 29.2 Å². The van der Waals surface area contributed by atoms with Crippen molar-refractivity contribution in [1.82, 2.24) is 0 Å². The van der Waals surface area contributed by atoms with Gasteiger partial charge in [0.05, 0.1) is 11.1 Å². The third-order valence-electron chi connectivity index (χ3n) is 4.58. The highest BCUT2D eigenvalue weighted by Crippen LogP contribution is 2.63. The van der Waals surface area contributed by atoms with E-state index < -0.39 is 0 Å². The van der Waals surface area contributed by atoms with Crippen LogP contribution in [0.4, 0.5) is 0 Å². The second-order valence-corrected chi connectivity index (χ2v) is 7.89. The van der Waals surface area contributed by atoms with Crippen LogP contribution in [0.3, 0.4) is 0 Å². The Morgan fingerprint density at radius 1 is 1.11 bits per heavy atom. The van der Waals surface area contributed by atoms with Gasteiger partial charge in [0, 0.05) is 4.90 Å². The largest absolute Gasteiger partial charge is 0.197 e. The van der Waals surface area contributed by atoms with Crippen molar-refractivity contribution >= 4 is 23.4 Å². The average Bonchev–Trinajstić information content (AvgIpc) is 2.40. The zero-order chi connectivity index (χ0) is 13.3. The minimum atomic E-state index is -0.234. The quantitative estimate of drug-likeness (QED) is 0.724. The van der Waals surface area contributed by atoms with Gasteiger partial charge in [-0.25, -0.2) is 0 Å². The summed E-state index contributed by atoms with van der Waals surface area (Å²) in [5.74, 6) is 0. The number of nitrogens with zero attached hydrogens (tertiary/aromatic N) is 1. The number of thioether (sulfide) groups is 1. The van der Waals surface area contributed by atoms with E-state index in [0.29, 0.717) is 5.41 Å². The van der Waals surface area contributed by atoms with Gasteiger partial charge in [0.2, 0.25) is 0 Å². The molecule has 2 saturated carbocycles. The summed E-state index contributed by atoms with van der Waals surface area (Å²) in [7, 11) is 0. The second-order valence-electron chi connectivity index (χ2n) is 6.05. The van der Waals surface area contributed by atoms with Gasteiger partial charge in [-0.1, -0.05) is 43.0 Å². The molecule has 0 atom stereocenters. The van der Waals surface area contributed by atoms with Crippen molar-refractivity contribution in [2.24, 2.45) is 5.41 Å². The maximum absolute atomic E-state index is 9.59. The Labute approximate surface area is 124 Å². The van der Waals surface area contributed by atoms with Crippen LogP contribution in [0, 0.1) is 16.7 Å². The molecule has 1 nitrogen and oxygen atoms in total. The molecule has 0 heterocycles. The first kappa shape index (κ1) is 13.3. The third-order valence-corrected chi connectivity index (χ3v) is 6.37. The lowest BCUT2D eigenvalue weighted by Gasteiger charge is -2.54. The van der Waals surface area contributed by atoms with E-state index in [1.807, 2.05) is 24.3 Å². The highest BCUT2D eigenvalue weighted by Gasteiger charge is 2.55. The van der Waals surface area contributed by atoms with Gasteiger partial charge in [0.25, 0.3) is 0 Å². The fraction of sp³-hybridized carbons (Fsp3) is 0.562. The lowest BCUT2D eigenvalue weighted by atomic mass is 9.56. The van der Waals surface area contributed by atoms with Crippen LogP contribution < -0.4 is 0 Å². The fourth-order valence-electron chi connectivity index (χ4n) is 3.73. The topological polar surface area (TPSA) is 23.8 Å². The van der Waals surface area contributed by atoms with E-state index in [1.54, 1.807) is 11.8 Å². The molecule has 1 spiro atoms. The third kappa shape index (κ3) is 2.51. The Morgan fingerprint density at radius 3 is 2.42 bits per heavy atom. The van der Waals surface area contributed by atoms with Gasteiger partial charge in [-0.3, -0.25) is 0 Å². The monoisotopic (exact) mass is 291 g/mol. The van der Waals surface area contributed by atoms with Crippen molar-refractivity contribution in [3.05, 3.63) is 29.3 Å². The first-order valence-electron chi connectivity index (χ1n) is 7.02. The van der Waals surface area contributed by atoms with Gasteiger partial charge in [-0.05, 0) is 43.2 Å². The summed E-state index contributed by atoms with van der Waals surface area (Å²) in [5.41, 5.74) is 0.474. The molecule has 19 heavy (non-hydrogen) atoms. The number of rotatable bonds is 2. The number of benzene rings is 1. The van der Waals surface area contributed by atoms with Crippen molar-refractivity contribution < 1.29 is 0 Å². The van der Waals surface area contributed by atoms with E-state index in [4.69, 9.17) is 11.6 Å². The summed E-state index contributed by atoms with van der Waals surface area (Å²) in [6, 6.07) is 10.4. The van der Waals surface area contributed by atoms with Crippen LogP contribution in [-0.2, 0) is 0 Å². The van der Waals surface area contributed by atoms with E-state index in [0.717, 1.165) is 22.8 Å². The number of nitriles is 1. The van der Waals surface area contributed by atoms with Crippen LogP contribution in [0.1, 0.15) is 44.9 Å². The standard InChI is InChI=1S/C16H18ClNS/c17-13-6-2-3-7-14(13)19-16(12-18)10-15(11-16)8-4-1-5-9-15/h2-3,6-7H,1,4-5,8-11H2. The zero-order valence-electron chi connectivity index (χ0n) is 11.0. The molecule has 0 unspecified atom stereocenters. The van der Waals surface area contributed by atoms with Crippen LogP contribution in [0.25, 0.3) is 0 Å². The molecule has 1 aromatic carbocycles.